The van der Waals surface area contributed by atoms with Crippen LogP contribution in [0.3, 0.4) is 0 Å². The second kappa shape index (κ2) is 11.6. The maximum atomic E-state index is 13.3. The minimum absolute atomic E-state index is 0.107. The number of carbonyl (C=O) groups is 2. The number of nitrogens with one attached hydrogen (secondary N) is 2. The van der Waals surface area contributed by atoms with Gasteiger partial charge in [0.25, 0.3) is 0 Å². The third-order valence-corrected chi connectivity index (χ3v) is 7.90. The summed E-state index contributed by atoms with van der Waals surface area (Å²) in [5.41, 5.74) is 2.45. The molecule has 4 rings (SSSR count). The summed E-state index contributed by atoms with van der Waals surface area (Å²) in [4.78, 5) is 31.2. The van der Waals surface area contributed by atoms with E-state index in [-0.39, 0.29) is 25.7 Å². The molecule has 0 spiro atoms. The van der Waals surface area contributed by atoms with Crippen molar-refractivity contribution in [2.45, 2.75) is 82.6 Å². The lowest BCUT2D eigenvalue weighted by Gasteiger charge is -2.33. The van der Waals surface area contributed by atoms with Crippen molar-refractivity contribution in [3.05, 3.63) is 23.4 Å². The zero-order valence-corrected chi connectivity index (χ0v) is 20.4. The molecule has 2 fully saturated rings. The van der Waals surface area contributed by atoms with Gasteiger partial charge in [-0.2, -0.15) is 0 Å². The molecule has 1 saturated heterocycles. The number of aliphatic carboxylic acids is 1. The molecule has 1 aliphatic carbocycles. The Morgan fingerprint density at radius 1 is 1.20 bits per heavy atom. The summed E-state index contributed by atoms with van der Waals surface area (Å²) in [7, 11) is 0. The number of rotatable bonds is 9. The van der Waals surface area contributed by atoms with E-state index in [1.165, 1.54) is 5.56 Å². The third-order valence-electron chi connectivity index (χ3n) is 7.90. The first kappa shape index (κ1) is 25.8. The van der Waals surface area contributed by atoms with E-state index in [1.807, 2.05) is 0 Å². The maximum absolute atomic E-state index is 13.3. The Bertz CT molecular complexity index is 879. The minimum Gasteiger partial charge on any atom is -0.480 e. The van der Waals surface area contributed by atoms with Crippen molar-refractivity contribution < 1.29 is 23.5 Å². The molecule has 0 bridgehead atoms. The number of aromatic nitrogens is 1. The average molecular weight is 493 g/mol. The van der Waals surface area contributed by atoms with Crippen molar-refractivity contribution in [1.82, 2.24) is 15.2 Å². The van der Waals surface area contributed by atoms with E-state index in [0.29, 0.717) is 18.9 Å². The number of carbonyl (C=O) groups excluding carboxylic acids is 1. The van der Waals surface area contributed by atoms with Crippen LogP contribution in [0.2, 0.25) is 0 Å². The van der Waals surface area contributed by atoms with Gasteiger partial charge in [0.05, 0.1) is 0 Å². The van der Waals surface area contributed by atoms with Gasteiger partial charge in [-0.25, -0.2) is 18.6 Å². The third kappa shape index (κ3) is 7.35. The van der Waals surface area contributed by atoms with Crippen molar-refractivity contribution in [1.29, 1.82) is 0 Å². The predicted molar refractivity (Wildman–Crippen MR) is 130 cm³/mol. The van der Waals surface area contributed by atoms with Crippen LogP contribution in [-0.4, -0.2) is 65.0 Å². The number of anilines is 1. The molecule has 2 aliphatic heterocycles. The number of carboxylic acid groups (broad SMARTS) is 1. The van der Waals surface area contributed by atoms with Crippen LogP contribution in [0.25, 0.3) is 0 Å². The predicted octanol–water partition coefficient (Wildman–Crippen LogP) is 3.87. The van der Waals surface area contributed by atoms with Gasteiger partial charge in [-0.1, -0.05) is 6.07 Å². The molecular weight excluding hydrogens is 454 g/mol. The summed E-state index contributed by atoms with van der Waals surface area (Å²) >= 11 is 0. The number of alkyl halides is 2. The molecule has 1 saturated carbocycles. The fourth-order valence-electron chi connectivity index (χ4n) is 5.52. The standard InChI is InChI=1S/C26H38F2N4O3/c27-26(28)12-7-20(8-13-26)24(33)31-22(25(34)35)11-17-32-15-9-18(10-16-32)3-5-21-6-4-19-2-1-14-29-23(19)30-21/h4,6,18,20,22H,1-3,5,7-17H2,(H,29,30)(H,31,33)(H,34,35)/t22-/m0/s1. The number of nitrogens with zero attached hydrogens (tertiary/aromatic N) is 2. The topological polar surface area (TPSA) is 94.6 Å². The summed E-state index contributed by atoms with van der Waals surface area (Å²) in [6.07, 6.45) is 6.40. The molecule has 3 aliphatic rings. The van der Waals surface area contributed by atoms with E-state index in [9.17, 15) is 23.5 Å². The van der Waals surface area contributed by atoms with E-state index in [1.54, 1.807) is 0 Å². The second-order valence-electron chi connectivity index (χ2n) is 10.5. The minimum atomic E-state index is -2.71. The summed E-state index contributed by atoms with van der Waals surface area (Å²) in [5, 5.41) is 15.6. The lowest BCUT2D eigenvalue weighted by Crippen LogP contribution is -2.47. The molecule has 0 radical (unpaired) electrons. The fourth-order valence-corrected chi connectivity index (χ4v) is 5.52. The van der Waals surface area contributed by atoms with Gasteiger partial charge in [-0.3, -0.25) is 4.79 Å². The van der Waals surface area contributed by atoms with Crippen LogP contribution in [0.5, 0.6) is 0 Å². The lowest BCUT2D eigenvalue weighted by molar-refractivity contribution is -0.143. The fraction of sp³-hybridized carbons (Fsp3) is 0.731. The summed E-state index contributed by atoms with van der Waals surface area (Å²) in [5.74, 6) is -3.02. The van der Waals surface area contributed by atoms with Gasteiger partial charge in [0.1, 0.15) is 11.9 Å². The number of fused-ring (bicyclic) bond motifs is 1. The number of hydrogen-bond acceptors (Lipinski definition) is 5. The maximum Gasteiger partial charge on any atom is 0.326 e. The molecule has 0 aromatic carbocycles. The Morgan fingerprint density at radius 2 is 1.94 bits per heavy atom. The van der Waals surface area contributed by atoms with Gasteiger partial charge in [-0.15, -0.1) is 0 Å². The highest BCUT2D eigenvalue weighted by molar-refractivity contribution is 5.85. The first-order chi connectivity index (χ1) is 16.8. The van der Waals surface area contributed by atoms with E-state index in [4.69, 9.17) is 4.98 Å². The Kier molecular flexibility index (Phi) is 8.57. The van der Waals surface area contributed by atoms with E-state index in [0.717, 1.165) is 69.7 Å². The molecule has 3 N–H and O–H groups in total. The number of amides is 1. The monoisotopic (exact) mass is 492 g/mol. The Hall–Kier alpha value is -2.29. The zero-order chi connectivity index (χ0) is 24.8. The van der Waals surface area contributed by atoms with Crippen molar-refractivity contribution in [2.75, 3.05) is 31.5 Å². The van der Waals surface area contributed by atoms with Crippen LogP contribution >= 0.6 is 0 Å². The SMILES string of the molecule is O=C(N[C@@H](CCN1CCC(CCc2ccc3c(n2)NCCC3)CC1)C(=O)O)C1CCC(F)(F)CC1. The normalized spacial score (nSPS) is 22.1. The molecule has 1 aromatic heterocycles. The molecule has 1 amide bonds. The number of pyridine rings is 1. The Morgan fingerprint density at radius 3 is 2.66 bits per heavy atom. The summed E-state index contributed by atoms with van der Waals surface area (Å²) in [6.45, 7) is 3.43. The Balaban J connectivity index is 1.16. The quantitative estimate of drug-likeness (QED) is 0.485. The first-order valence-electron chi connectivity index (χ1n) is 13.1. The van der Waals surface area contributed by atoms with Crippen molar-refractivity contribution in [3.8, 4) is 0 Å². The summed E-state index contributed by atoms with van der Waals surface area (Å²) < 4.78 is 26.7. The first-order valence-corrected chi connectivity index (χ1v) is 13.1. The van der Waals surface area contributed by atoms with E-state index in [2.05, 4.69) is 27.7 Å². The second-order valence-corrected chi connectivity index (χ2v) is 10.5. The molecule has 194 valence electrons. The van der Waals surface area contributed by atoms with Crippen molar-refractivity contribution in [3.63, 3.8) is 0 Å². The molecule has 1 aromatic rings. The van der Waals surface area contributed by atoms with Gasteiger partial charge < -0.3 is 20.6 Å². The molecule has 35 heavy (non-hydrogen) atoms. The van der Waals surface area contributed by atoms with Gasteiger partial charge in [-0.05, 0) is 88.4 Å². The molecule has 1 atom stereocenters. The van der Waals surface area contributed by atoms with Crippen LogP contribution in [0.1, 0.15) is 69.0 Å². The number of piperidine rings is 1. The smallest absolute Gasteiger partial charge is 0.326 e. The summed E-state index contributed by atoms with van der Waals surface area (Å²) in [6, 6.07) is 3.37. The number of hydrogen-bond donors (Lipinski definition) is 3. The average Bonchev–Trinajstić information content (AvgIpc) is 2.85. The van der Waals surface area contributed by atoms with Gasteiger partial charge >= 0.3 is 5.97 Å². The number of halogens is 2. The number of carboxylic acids is 1. The van der Waals surface area contributed by atoms with Crippen molar-refractivity contribution >= 4 is 17.7 Å². The lowest BCUT2D eigenvalue weighted by atomic mass is 9.86. The highest BCUT2D eigenvalue weighted by Gasteiger charge is 2.38. The van der Waals surface area contributed by atoms with E-state index >= 15 is 0 Å². The molecule has 7 nitrogen and oxygen atoms in total. The highest BCUT2D eigenvalue weighted by Crippen LogP contribution is 2.36. The van der Waals surface area contributed by atoms with Gasteiger partial charge in [0.2, 0.25) is 11.8 Å². The van der Waals surface area contributed by atoms with Crippen LogP contribution < -0.4 is 10.6 Å². The largest absolute Gasteiger partial charge is 0.480 e. The van der Waals surface area contributed by atoms with Gasteiger partial charge in [0.15, 0.2) is 0 Å². The molecule has 0 unspecified atom stereocenters. The van der Waals surface area contributed by atoms with Crippen LogP contribution in [0, 0.1) is 11.8 Å². The Labute approximate surface area is 206 Å². The van der Waals surface area contributed by atoms with Crippen LogP contribution in [0.4, 0.5) is 14.6 Å². The molecular formula is C26H38F2N4O3. The molecule has 3 heterocycles. The van der Waals surface area contributed by atoms with Gasteiger partial charge in [0, 0.05) is 37.5 Å². The zero-order valence-electron chi connectivity index (χ0n) is 20.4. The number of likely N-dealkylation sites (tertiary alicyclic amines) is 1. The van der Waals surface area contributed by atoms with E-state index < -0.39 is 29.8 Å². The van der Waals surface area contributed by atoms with Crippen molar-refractivity contribution in [2.24, 2.45) is 11.8 Å². The number of aryl methyl sites for hydroxylation is 2. The van der Waals surface area contributed by atoms with Crippen LogP contribution in [0.15, 0.2) is 12.1 Å². The molecule has 9 heteroatoms. The highest BCUT2D eigenvalue weighted by atomic mass is 19.3. The van der Waals surface area contributed by atoms with Crippen LogP contribution in [-0.2, 0) is 22.4 Å².